The maximum atomic E-state index is 11.6. The molecule has 2 N–H and O–H groups in total. The molecule has 17 heavy (non-hydrogen) atoms. The van der Waals surface area contributed by atoms with E-state index in [0.29, 0.717) is 24.3 Å². The van der Waals surface area contributed by atoms with E-state index in [0.717, 1.165) is 13.0 Å². The van der Waals surface area contributed by atoms with Crippen LogP contribution in [-0.4, -0.2) is 44.8 Å². The molecule has 0 aromatic carbocycles. The van der Waals surface area contributed by atoms with Gasteiger partial charge in [0.2, 0.25) is 10.0 Å². The number of sulfonamides is 1. The van der Waals surface area contributed by atoms with Crippen LogP contribution in [0.25, 0.3) is 0 Å². The summed E-state index contributed by atoms with van der Waals surface area (Å²) in [7, 11) is -3.08. The minimum Gasteiger partial charge on any atom is -0.314 e. The second-order valence-electron chi connectivity index (χ2n) is 4.51. The van der Waals surface area contributed by atoms with E-state index >= 15 is 0 Å². The van der Waals surface area contributed by atoms with Gasteiger partial charge in [-0.15, -0.1) is 0 Å². The van der Waals surface area contributed by atoms with Gasteiger partial charge in [-0.05, 0) is 25.6 Å². The monoisotopic (exact) mass is 282 g/mol. The number of nitrogens with one attached hydrogen (secondary N) is 2. The normalized spacial score (nSPS) is 14.2. The average Bonchev–Trinajstić information content (AvgIpc) is 2.23. The number of hydrogen-bond acceptors (Lipinski definition) is 4. The molecule has 1 atom stereocenters. The highest BCUT2D eigenvalue weighted by Crippen LogP contribution is 2.08. The van der Waals surface area contributed by atoms with Crippen LogP contribution in [-0.2, 0) is 10.0 Å². The lowest BCUT2D eigenvalue weighted by Gasteiger charge is -2.11. The van der Waals surface area contributed by atoms with Gasteiger partial charge in [-0.3, -0.25) is 0 Å². The number of thioether (sulfide) groups is 1. The SMILES string of the molecule is CSC(C)CCNS(=O)(=O)CCCNC(C)C. The van der Waals surface area contributed by atoms with Crippen molar-refractivity contribution in [2.45, 2.75) is 44.9 Å². The highest BCUT2D eigenvalue weighted by Gasteiger charge is 2.09. The molecular formula is C11H26N2O2S2. The molecule has 0 rings (SSSR count). The Kier molecular flexibility index (Phi) is 9.31. The molecule has 104 valence electrons. The van der Waals surface area contributed by atoms with Gasteiger partial charge in [0, 0.05) is 17.8 Å². The van der Waals surface area contributed by atoms with E-state index in [1.54, 1.807) is 11.8 Å². The van der Waals surface area contributed by atoms with Crippen molar-refractivity contribution in [2.24, 2.45) is 0 Å². The molecule has 0 fully saturated rings. The van der Waals surface area contributed by atoms with Gasteiger partial charge in [0.25, 0.3) is 0 Å². The van der Waals surface area contributed by atoms with Crippen LogP contribution in [0.15, 0.2) is 0 Å². The third-order valence-corrected chi connectivity index (χ3v) is 4.93. The van der Waals surface area contributed by atoms with Crippen LogP contribution in [0.4, 0.5) is 0 Å². The molecule has 0 heterocycles. The Balaban J connectivity index is 3.66. The van der Waals surface area contributed by atoms with E-state index in [1.807, 2.05) is 6.26 Å². The van der Waals surface area contributed by atoms with Crippen molar-refractivity contribution in [3.05, 3.63) is 0 Å². The fraction of sp³-hybridized carbons (Fsp3) is 1.00. The molecule has 0 aliphatic rings. The molecule has 0 bridgehead atoms. The third-order valence-electron chi connectivity index (χ3n) is 2.42. The molecule has 0 saturated heterocycles. The van der Waals surface area contributed by atoms with Crippen LogP contribution < -0.4 is 10.0 Å². The Morgan fingerprint density at radius 2 is 1.82 bits per heavy atom. The van der Waals surface area contributed by atoms with E-state index in [-0.39, 0.29) is 5.75 Å². The summed E-state index contributed by atoms with van der Waals surface area (Å²) in [6, 6.07) is 0.410. The zero-order valence-corrected chi connectivity index (χ0v) is 13.0. The van der Waals surface area contributed by atoms with Crippen LogP contribution in [0, 0.1) is 0 Å². The van der Waals surface area contributed by atoms with E-state index < -0.39 is 10.0 Å². The van der Waals surface area contributed by atoms with Gasteiger partial charge >= 0.3 is 0 Å². The zero-order chi connectivity index (χ0) is 13.3. The zero-order valence-electron chi connectivity index (χ0n) is 11.3. The fourth-order valence-corrected chi connectivity index (χ4v) is 2.71. The molecule has 0 saturated carbocycles. The molecule has 1 unspecified atom stereocenters. The summed E-state index contributed by atoms with van der Waals surface area (Å²) in [4.78, 5) is 0. The smallest absolute Gasteiger partial charge is 0.211 e. The number of hydrogen-bond donors (Lipinski definition) is 2. The van der Waals surface area contributed by atoms with Crippen LogP contribution in [0.3, 0.4) is 0 Å². The highest BCUT2D eigenvalue weighted by molar-refractivity contribution is 7.99. The Morgan fingerprint density at radius 3 is 2.35 bits per heavy atom. The van der Waals surface area contributed by atoms with Crippen LogP contribution >= 0.6 is 11.8 Å². The molecule has 0 radical (unpaired) electrons. The van der Waals surface area contributed by atoms with Gasteiger partial charge in [-0.2, -0.15) is 11.8 Å². The van der Waals surface area contributed by atoms with Crippen molar-refractivity contribution in [3.63, 3.8) is 0 Å². The molecule has 0 amide bonds. The summed E-state index contributed by atoms with van der Waals surface area (Å²) in [5.74, 6) is 0.209. The quantitative estimate of drug-likeness (QED) is 0.595. The van der Waals surface area contributed by atoms with E-state index in [1.165, 1.54) is 0 Å². The largest absolute Gasteiger partial charge is 0.314 e. The first-order valence-electron chi connectivity index (χ1n) is 6.11. The molecule has 0 aliphatic carbocycles. The summed E-state index contributed by atoms with van der Waals surface area (Å²) >= 11 is 1.76. The lowest BCUT2D eigenvalue weighted by Crippen LogP contribution is -2.31. The van der Waals surface area contributed by atoms with Gasteiger partial charge in [-0.1, -0.05) is 20.8 Å². The van der Waals surface area contributed by atoms with Crippen LogP contribution in [0.2, 0.25) is 0 Å². The third kappa shape index (κ3) is 11.1. The molecule has 0 aliphatic heterocycles. The second-order valence-corrected chi connectivity index (χ2v) is 7.71. The maximum Gasteiger partial charge on any atom is 0.211 e. The summed E-state index contributed by atoms with van der Waals surface area (Å²) in [6.07, 6.45) is 3.58. The predicted octanol–water partition coefficient (Wildman–Crippen LogP) is 1.44. The van der Waals surface area contributed by atoms with Crippen molar-refractivity contribution in [1.82, 2.24) is 10.0 Å². The van der Waals surface area contributed by atoms with E-state index in [2.05, 4.69) is 30.8 Å². The fourth-order valence-electron chi connectivity index (χ4n) is 1.26. The minimum absolute atomic E-state index is 0.209. The Bertz CT molecular complexity index is 279. The van der Waals surface area contributed by atoms with Crippen LogP contribution in [0.5, 0.6) is 0 Å². The van der Waals surface area contributed by atoms with Crippen molar-refractivity contribution >= 4 is 21.8 Å². The van der Waals surface area contributed by atoms with E-state index in [9.17, 15) is 8.42 Å². The molecular weight excluding hydrogens is 256 g/mol. The van der Waals surface area contributed by atoms with Gasteiger partial charge in [0.05, 0.1) is 5.75 Å². The minimum atomic E-state index is -3.08. The number of rotatable bonds is 10. The molecule has 0 spiro atoms. The van der Waals surface area contributed by atoms with Gasteiger partial charge in [0.1, 0.15) is 0 Å². The van der Waals surface area contributed by atoms with Crippen molar-refractivity contribution < 1.29 is 8.42 Å². The second kappa shape index (κ2) is 9.19. The van der Waals surface area contributed by atoms with Gasteiger partial charge < -0.3 is 5.32 Å². The predicted molar refractivity (Wildman–Crippen MR) is 77.1 cm³/mol. The standard InChI is InChI=1S/C11H26N2O2S2/c1-10(2)12-7-5-9-17(14,15)13-8-6-11(3)16-4/h10-13H,5-9H2,1-4H3. The van der Waals surface area contributed by atoms with Crippen molar-refractivity contribution in [1.29, 1.82) is 0 Å². The molecule has 0 aromatic heterocycles. The Morgan fingerprint density at radius 1 is 1.18 bits per heavy atom. The summed E-state index contributed by atoms with van der Waals surface area (Å²) in [5, 5.41) is 3.71. The molecule has 0 aromatic rings. The molecule has 6 heteroatoms. The summed E-state index contributed by atoms with van der Waals surface area (Å²) < 4.78 is 25.8. The Hall–Kier alpha value is 0.220. The highest BCUT2D eigenvalue weighted by atomic mass is 32.2. The topological polar surface area (TPSA) is 58.2 Å². The van der Waals surface area contributed by atoms with E-state index in [4.69, 9.17) is 0 Å². The maximum absolute atomic E-state index is 11.6. The first-order chi connectivity index (χ1) is 7.87. The first kappa shape index (κ1) is 17.2. The average molecular weight is 282 g/mol. The van der Waals surface area contributed by atoms with Gasteiger partial charge in [-0.25, -0.2) is 13.1 Å². The first-order valence-corrected chi connectivity index (χ1v) is 9.05. The Labute approximate surface area is 110 Å². The summed E-state index contributed by atoms with van der Waals surface area (Å²) in [5.41, 5.74) is 0. The van der Waals surface area contributed by atoms with Gasteiger partial charge in [0.15, 0.2) is 0 Å². The van der Waals surface area contributed by atoms with Crippen molar-refractivity contribution in [2.75, 3.05) is 25.1 Å². The summed E-state index contributed by atoms with van der Waals surface area (Å²) in [6.45, 7) is 7.50. The van der Waals surface area contributed by atoms with Crippen LogP contribution in [0.1, 0.15) is 33.6 Å². The lowest BCUT2D eigenvalue weighted by atomic mass is 10.3. The van der Waals surface area contributed by atoms with Crippen molar-refractivity contribution in [3.8, 4) is 0 Å². The molecule has 4 nitrogen and oxygen atoms in total. The lowest BCUT2D eigenvalue weighted by molar-refractivity contribution is 0.559.